The molecular formula is C13H9NO4S2. The molecule has 2 amide bonds. The Hall–Kier alpha value is -1.86. The summed E-state index contributed by atoms with van der Waals surface area (Å²) in [6.07, 6.45) is 0. The molecule has 7 heteroatoms. The lowest BCUT2D eigenvalue weighted by Crippen LogP contribution is -2.35. The second kappa shape index (κ2) is 4.60. The first-order valence-electron chi connectivity index (χ1n) is 5.74. The lowest BCUT2D eigenvalue weighted by Gasteiger charge is -2.15. The molecule has 0 saturated carbocycles. The number of fused-ring (bicyclic) bond motifs is 1. The number of carbonyl (C=O) groups excluding carboxylic acids is 2. The van der Waals surface area contributed by atoms with Crippen LogP contribution in [0.3, 0.4) is 0 Å². The topological polar surface area (TPSA) is 71.5 Å². The fraction of sp³-hybridized carbons (Fsp3) is 0.0769. The zero-order valence-corrected chi connectivity index (χ0v) is 11.8. The Morgan fingerprint density at radius 2 is 1.70 bits per heavy atom. The molecule has 5 nitrogen and oxygen atoms in total. The van der Waals surface area contributed by atoms with E-state index in [1.807, 2.05) is 0 Å². The Kier molecular flexibility index (Phi) is 3.02. The molecule has 1 saturated heterocycles. The van der Waals surface area contributed by atoms with E-state index < -0.39 is 21.2 Å². The number of imide groups is 1. The van der Waals surface area contributed by atoms with Crippen molar-refractivity contribution in [2.24, 2.45) is 0 Å². The van der Waals surface area contributed by atoms with Gasteiger partial charge in [-0.1, -0.05) is 48.2 Å². The minimum absolute atomic E-state index is 0.0280. The Morgan fingerprint density at radius 3 is 2.40 bits per heavy atom. The van der Waals surface area contributed by atoms with Crippen molar-refractivity contribution in [2.45, 2.75) is 4.90 Å². The van der Waals surface area contributed by atoms with Gasteiger partial charge in [0, 0.05) is 5.39 Å². The van der Waals surface area contributed by atoms with Crippen molar-refractivity contribution in [1.82, 2.24) is 4.31 Å². The number of rotatable bonds is 2. The van der Waals surface area contributed by atoms with Gasteiger partial charge in [-0.3, -0.25) is 9.59 Å². The molecule has 2 aromatic carbocycles. The summed E-state index contributed by atoms with van der Waals surface area (Å²) in [5.74, 6) is -0.837. The van der Waals surface area contributed by atoms with Crippen molar-refractivity contribution in [3.63, 3.8) is 0 Å². The van der Waals surface area contributed by atoms with Crippen molar-refractivity contribution >= 4 is 43.7 Å². The summed E-state index contributed by atoms with van der Waals surface area (Å²) in [6.45, 7) is 0. The summed E-state index contributed by atoms with van der Waals surface area (Å²) >= 11 is 0.699. The summed E-state index contributed by atoms with van der Waals surface area (Å²) in [5, 5.41) is 0.482. The highest BCUT2D eigenvalue weighted by atomic mass is 32.2. The van der Waals surface area contributed by atoms with E-state index in [2.05, 4.69) is 0 Å². The number of thioether (sulfide) groups is 1. The normalized spacial score (nSPS) is 16.1. The van der Waals surface area contributed by atoms with E-state index in [4.69, 9.17) is 0 Å². The van der Waals surface area contributed by atoms with Gasteiger partial charge < -0.3 is 0 Å². The van der Waals surface area contributed by atoms with Crippen molar-refractivity contribution in [3.8, 4) is 0 Å². The molecule has 1 heterocycles. The summed E-state index contributed by atoms with van der Waals surface area (Å²) in [7, 11) is -4.15. The molecule has 102 valence electrons. The van der Waals surface area contributed by atoms with Gasteiger partial charge in [0.25, 0.3) is 15.9 Å². The fourth-order valence-electron chi connectivity index (χ4n) is 2.09. The van der Waals surface area contributed by atoms with Crippen LogP contribution in [0.5, 0.6) is 0 Å². The minimum atomic E-state index is -4.15. The van der Waals surface area contributed by atoms with Crippen LogP contribution in [-0.2, 0) is 14.8 Å². The molecule has 0 N–H and O–H groups in total. The van der Waals surface area contributed by atoms with Gasteiger partial charge in [-0.2, -0.15) is 4.31 Å². The first-order valence-corrected chi connectivity index (χ1v) is 8.17. The molecule has 0 unspecified atom stereocenters. The van der Waals surface area contributed by atoms with Crippen LogP contribution in [0.4, 0.5) is 4.79 Å². The standard InChI is InChI=1S/C13H9NO4S2/c15-12-8-19-13(16)14(12)20(17,18)11-7-3-5-9-4-1-2-6-10(9)11/h1-7H,8H2. The second-order valence-corrected chi connectivity index (χ2v) is 6.88. The molecule has 20 heavy (non-hydrogen) atoms. The lowest BCUT2D eigenvalue weighted by atomic mass is 10.1. The number of hydrogen-bond donors (Lipinski definition) is 0. The number of amides is 2. The molecule has 0 aromatic heterocycles. The molecule has 0 atom stereocenters. The van der Waals surface area contributed by atoms with Crippen LogP contribution in [0.15, 0.2) is 47.4 Å². The highest BCUT2D eigenvalue weighted by molar-refractivity contribution is 8.16. The van der Waals surface area contributed by atoms with Crippen LogP contribution in [-0.4, -0.2) is 29.6 Å². The van der Waals surface area contributed by atoms with E-state index in [-0.39, 0.29) is 10.6 Å². The van der Waals surface area contributed by atoms with Crippen molar-refractivity contribution < 1.29 is 18.0 Å². The number of hydrogen-bond acceptors (Lipinski definition) is 5. The highest BCUT2D eigenvalue weighted by Gasteiger charge is 2.41. The van der Waals surface area contributed by atoms with Gasteiger partial charge in [-0.15, -0.1) is 0 Å². The smallest absolute Gasteiger partial charge is 0.272 e. The Labute approximate surface area is 119 Å². The molecule has 0 radical (unpaired) electrons. The Morgan fingerprint density at radius 1 is 1.00 bits per heavy atom. The predicted molar refractivity (Wildman–Crippen MR) is 75.8 cm³/mol. The average Bonchev–Trinajstić information content (AvgIpc) is 2.78. The zero-order valence-electron chi connectivity index (χ0n) is 10.1. The number of carbonyl (C=O) groups is 2. The SMILES string of the molecule is O=C1CSC(=O)N1S(=O)(=O)c1cccc2ccccc12. The fourth-order valence-corrected chi connectivity index (χ4v) is 4.66. The van der Waals surface area contributed by atoms with E-state index in [0.717, 1.165) is 5.39 Å². The van der Waals surface area contributed by atoms with Gasteiger partial charge in [0.15, 0.2) is 0 Å². The molecule has 0 aliphatic carbocycles. The van der Waals surface area contributed by atoms with E-state index in [9.17, 15) is 18.0 Å². The first kappa shape index (κ1) is 13.1. The second-order valence-electron chi connectivity index (χ2n) is 4.20. The quantitative estimate of drug-likeness (QED) is 0.850. The van der Waals surface area contributed by atoms with Gasteiger partial charge in [0.1, 0.15) is 0 Å². The average molecular weight is 307 g/mol. The largest absolute Gasteiger partial charge is 0.303 e. The van der Waals surface area contributed by atoms with Crippen LogP contribution in [0.1, 0.15) is 0 Å². The Bertz CT molecular complexity index is 808. The summed E-state index contributed by atoms with van der Waals surface area (Å²) in [5.41, 5.74) is 0. The molecule has 1 aliphatic rings. The third-order valence-corrected chi connectivity index (χ3v) is 5.68. The van der Waals surface area contributed by atoms with E-state index in [1.54, 1.807) is 36.4 Å². The number of nitrogens with zero attached hydrogens (tertiary/aromatic N) is 1. The monoisotopic (exact) mass is 307 g/mol. The van der Waals surface area contributed by atoms with Gasteiger partial charge in [-0.05, 0) is 11.5 Å². The van der Waals surface area contributed by atoms with Gasteiger partial charge in [0.05, 0.1) is 10.6 Å². The van der Waals surface area contributed by atoms with Gasteiger partial charge >= 0.3 is 5.24 Å². The van der Waals surface area contributed by atoms with Gasteiger partial charge in [0.2, 0.25) is 0 Å². The third-order valence-electron chi connectivity index (χ3n) is 2.98. The maximum absolute atomic E-state index is 12.5. The molecule has 1 aliphatic heterocycles. The first-order chi connectivity index (χ1) is 9.51. The maximum atomic E-state index is 12.5. The van der Waals surface area contributed by atoms with E-state index in [1.165, 1.54) is 6.07 Å². The third kappa shape index (κ3) is 1.90. The highest BCUT2D eigenvalue weighted by Crippen LogP contribution is 2.30. The van der Waals surface area contributed by atoms with Crippen LogP contribution in [0.2, 0.25) is 0 Å². The molecule has 1 fully saturated rings. The van der Waals surface area contributed by atoms with E-state index >= 15 is 0 Å². The maximum Gasteiger partial charge on any atom is 0.303 e. The van der Waals surface area contributed by atoms with Crippen LogP contribution in [0, 0.1) is 0 Å². The summed E-state index contributed by atoms with van der Waals surface area (Å²) in [6, 6.07) is 11.7. The molecule has 0 bridgehead atoms. The minimum Gasteiger partial charge on any atom is -0.272 e. The number of benzene rings is 2. The zero-order chi connectivity index (χ0) is 14.3. The van der Waals surface area contributed by atoms with Crippen molar-refractivity contribution in [3.05, 3.63) is 42.5 Å². The van der Waals surface area contributed by atoms with Crippen LogP contribution in [0.25, 0.3) is 10.8 Å². The van der Waals surface area contributed by atoms with E-state index in [0.29, 0.717) is 21.5 Å². The molecule has 3 rings (SSSR count). The van der Waals surface area contributed by atoms with Crippen LogP contribution < -0.4 is 0 Å². The van der Waals surface area contributed by atoms with Crippen LogP contribution >= 0.6 is 11.8 Å². The Balaban J connectivity index is 2.25. The molecule has 0 spiro atoms. The lowest BCUT2D eigenvalue weighted by molar-refractivity contribution is -0.121. The number of sulfonamides is 1. The van der Waals surface area contributed by atoms with Crippen molar-refractivity contribution in [1.29, 1.82) is 0 Å². The molecule has 2 aromatic rings. The summed E-state index contributed by atoms with van der Waals surface area (Å²) in [4.78, 5) is 23.2. The van der Waals surface area contributed by atoms with Gasteiger partial charge in [-0.25, -0.2) is 8.42 Å². The molecular weight excluding hydrogens is 298 g/mol. The predicted octanol–water partition coefficient (Wildman–Crippen LogP) is 2.22. The summed E-state index contributed by atoms with van der Waals surface area (Å²) < 4.78 is 25.4. The van der Waals surface area contributed by atoms with Crippen molar-refractivity contribution in [2.75, 3.05) is 5.75 Å².